The summed E-state index contributed by atoms with van der Waals surface area (Å²) in [5.41, 5.74) is 2.44. The lowest BCUT2D eigenvalue weighted by molar-refractivity contribution is 0.0885. The largest absolute Gasteiger partial charge is 0.348 e. The summed E-state index contributed by atoms with van der Waals surface area (Å²) in [6, 6.07) is 12.0. The highest BCUT2D eigenvalue weighted by Crippen LogP contribution is 2.29. The second-order valence-electron chi connectivity index (χ2n) is 6.77. The smallest absolute Gasteiger partial charge is 0.272 e. The number of hydrogen-bond donors (Lipinski definition) is 1. The second kappa shape index (κ2) is 6.57. The standard InChI is InChI=1S/C19H25N3O/c1-13-8-7-11-17(15(13)3)20-19(23)18-12-14(2)22(21-18)16-9-5-4-6-10-16/h4-6,9-10,12-13,15,17H,7-8,11H2,1-3H3,(H,20,23). The highest BCUT2D eigenvalue weighted by atomic mass is 16.2. The normalized spacial score (nSPS) is 24.4. The van der Waals surface area contributed by atoms with Crippen LogP contribution in [-0.2, 0) is 0 Å². The highest BCUT2D eigenvalue weighted by molar-refractivity contribution is 5.92. The van der Waals surface area contributed by atoms with Gasteiger partial charge in [-0.05, 0) is 43.4 Å². The molecule has 1 aliphatic carbocycles. The van der Waals surface area contributed by atoms with Crippen molar-refractivity contribution in [2.75, 3.05) is 0 Å². The molecule has 1 fully saturated rings. The summed E-state index contributed by atoms with van der Waals surface area (Å²) in [4.78, 5) is 12.6. The van der Waals surface area contributed by atoms with Crippen LogP contribution < -0.4 is 5.32 Å². The number of benzene rings is 1. The number of para-hydroxylation sites is 1. The maximum Gasteiger partial charge on any atom is 0.272 e. The molecule has 0 spiro atoms. The lowest BCUT2D eigenvalue weighted by Crippen LogP contribution is -2.43. The average Bonchev–Trinajstić information content (AvgIpc) is 2.95. The predicted molar refractivity (Wildman–Crippen MR) is 91.7 cm³/mol. The third kappa shape index (κ3) is 3.31. The molecule has 4 heteroatoms. The summed E-state index contributed by atoms with van der Waals surface area (Å²) in [5.74, 6) is 1.12. The van der Waals surface area contributed by atoms with E-state index in [1.54, 1.807) is 0 Å². The van der Waals surface area contributed by atoms with E-state index < -0.39 is 0 Å². The van der Waals surface area contributed by atoms with Crippen LogP contribution in [0.15, 0.2) is 36.4 Å². The number of carbonyl (C=O) groups is 1. The molecule has 3 unspecified atom stereocenters. The van der Waals surface area contributed by atoms with Crippen molar-refractivity contribution < 1.29 is 4.79 Å². The van der Waals surface area contributed by atoms with Gasteiger partial charge in [-0.1, -0.05) is 44.9 Å². The maximum atomic E-state index is 12.6. The van der Waals surface area contributed by atoms with Crippen molar-refractivity contribution >= 4 is 5.91 Å². The fourth-order valence-electron chi connectivity index (χ4n) is 3.44. The number of hydrogen-bond acceptors (Lipinski definition) is 2. The molecule has 23 heavy (non-hydrogen) atoms. The van der Waals surface area contributed by atoms with E-state index in [1.165, 1.54) is 12.8 Å². The van der Waals surface area contributed by atoms with Gasteiger partial charge in [0.2, 0.25) is 0 Å². The van der Waals surface area contributed by atoms with Crippen LogP contribution in [0.25, 0.3) is 5.69 Å². The summed E-state index contributed by atoms with van der Waals surface area (Å²) in [5, 5.41) is 7.69. The molecule has 1 aromatic heterocycles. The topological polar surface area (TPSA) is 46.9 Å². The van der Waals surface area contributed by atoms with E-state index in [0.29, 0.717) is 17.5 Å². The van der Waals surface area contributed by atoms with E-state index in [2.05, 4.69) is 24.3 Å². The lowest BCUT2D eigenvalue weighted by atomic mass is 9.78. The number of carbonyl (C=O) groups excluding carboxylic acids is 1. The van der Waals surface area contributed by atoms with Crippen molar-refractivity contribution in [2.24, 2.45) is 11.8 Å². The van der Waals surface area contributed by atoms with Crippen molar-refractivity contribution in [1.82, 2.24) is 15.1 Å². The molecule has 2 aromatic rings. The molecule has 122 valence electrons. The quantitative estimate of drug-likeness (QED) is 0.938. The number of aromatic nitrogens is 2. The molecule has 0 aliphatic heterocycles. The Morgan fingerprint density at radius 2 is 1.96 bits per heavy atom. The first-order valence-electron chi connectivity index (χ1n) is 8.49. The molecule has 1 N–H and O–H groups in total. The molecular weight excluding hydrogens is 286 g/mol. The molecule has 1 amide bonds. The first kappa shape index (κ1) is 15.8. The van der Waals surface area contributed by atoms with Gasteiger partial charge in [-0.15, -0.1) is 0 Å². The number of aryl methyl sites for hydroxylation is 1. The van der Waals surface area contributed by atoms with Gasteiger partial charge in [-0.3, -0.25) is 4.79 Å². The second-order valence-corrected chi connectivity index (χ2v) is 6.77. The average molecular weight is 311 g/mol. The van der Waals surface area contributed by atoms with Gasteiger partial charge < -0.3 is 5.32 Å². The minimum Gasteiger partial charge on any atom is -0.348 e. The number of nitrogens with zero attached hydrogens (tertiary/aromatic N) is 2. The predicted octanol–water partition coefficient (Wildman–Crippen LogP) is 3.74. The van der Waals surface area contributed by atoms with Crippen LogP contribution in [0.2, 0.25) is 0 Å². The Morgan fingerprint density at radius 1 is 1.22 bits per heavy atom. The zero-order valence-corrected chi connectivity index (χ0v) is 14.1. The molecule has 0 radical (unpaired) electrons. The van der Waals surface area contributed by atoms with E-state index in [-0.39, 0.29) is 11.9 Å². The van der Waals surface area contributed by atoms with E-state index in [1.807, 2.05) is 48.0 Å². The Balaban J connectivity index is 1.76. The van der Waals surface area contributed by atoms with Crippen LogP contribution in [-0.4, -0.2) is 21.7 Å². The van der Waals surface area contributed by atoms with E-state index in [0.717, 1.165) is 17.8 Å². The van der Waals surface area contributed by atoms with Crippen LogP contribution in [0.5, 0.6) is 0 Å². The Kier molecular flexibility index (Phi) is 4.51. The number of nitrogens with one attached hydrogen (secondary N) is 1. The van der Waals surface area contributed by atoms with Crippen molar-refractivity contribution in [3.05, 3.63) is 47.8 Å². The van der Waals surface area contributed by atoms with Crippen LogP contribution in [0.1, 0.15) is 49.3 Å². The van der Waals surface area contributed by atoms with Gasteiger partial charge in [-0.25, -0.2) is 4.68 Å². The molecule has 0 saturated heterocycles. The van der Waals surface area contributed by atoms with E-state index >= 15 is 0 Å². The van der Waals surface area contributed by atoms with E-state index in [4.69, 9.17) is 0 Å². The highest BCUT2D eigenvalue weighted by Gasteiger charge is 2.29. The minimum atomic E-state index is -0.0614. The Hall–Kier alpha value is -2.10. The van der Waals surface area contributed by atoms with Crippen LogP contribution in [0, 0.1) is 18.8 Å². The summed E-state index contributed by atoms with van der Waals surface area (Å²) < 4.78 is 1.82. The molecule has 1 heterocycles. The lowest BCUT2D eigenvalue weighted by Gasteiger charge is -2.34. The van der Waals surface area contributed by atoms with Crippen LogP contribution in [0.4, 0.5) is 0 Å². The van der Waals surface area contributed by atoms with Crippen LogP contribution in [0.3, 0.4) is 0 Å². The molecule has 3 rings (SSSR count). The maximum absolute atomic E-state index is 12.6. The number of rotatable bonds is 3. The zero-order valence-electron chi connectivity index (χ0n) is 14.1. The van der Waals surface area contributed by atoms with Gasteiger partial charge in [0, 0.05) is 11.7 Å². The Labute approximate surface area is 137 Å². The molecule has 0 bridgehead atoms. The summed E-state index contributed by atoms with van der Waals surface area (Å²) >= 11 is 0. The van der Waals surface area contributed by atoms with Crippen molar-refractivity contribution in [2.45, 2.75) is 46.1 Å². The fourth-order valence-corrected chi connectivity index (χ4v) is 3.44. The molecule has 4 nitrogen and oxygen atoms in total. The molecule has 1 saturated carbocycles. The van der Waals surface area contributed by atoms with Crippen molar-refractivity contribution in [1.29, 1.82) is 0 Å². The first-order valence-corrected chi connectivity index (χ1v) is 8.49. The molecule has 1 aromatic carbocycles. The van der Waals surface area contributed by atoms with Gasteiger partial charge in [0.15, 0.2) is 5.69 Å². The molecule has 3 atom stereocenters. The molecule has 1 aliphatic rings. The fraction of sp³-hybridized carbons (Fsp3) is 0.474. The summed E-state index contributed by atoms with van der Waals surface area (Å²) in [7, 11) is 0. The Bertz CT molecular complexity index is 677. The van der Waals surface area contributed by atoms with Crippen molar-refractivity contribution in [3.63, 3.8) is 0 Å². The van der Waals surface area contributed by atoms with Gasteiger partial charge in [0.25, 0.3) is 5.91 Å². The summed E-state index contributed by atoms with van der Waals surface area (Å²) in [6.45, 7) is 6.49. The minimum absolute atomic E-state index is 0.0614. The van der Waals surface area contributed by atoms with E-state index in [9.17, 15) is 4.79 Å². The van der Waals surface area contributed by atoms with Crippen molar-refractivity contribution in [3.8, 4) is 5.69 Å². The van der Waals surface area contributed by atoms with Crippen LogP contribution >= 0.6 is 0 Å². The first-order chi connectivity index (χ1) is 11.1. The van der Waals surface area contributed by atoms with Gasteiger partial charge in [-0.2, -0.15) is 5.10 Å². The Morgan fingerprint density at radius 3 is 2.70 bits per heavy atom. The van der Waals surface area contributed by atoms with Gasteiger partial charge in [0.05, 0.1) is 5.69 Å². The monoisotopic (exact) mass is 311 g/mol. The van der Waals surface area contributed by atoms with Gasteiger partial charge >= 0.3 is 0 Å². The third-order valence-corrected chi connectivity index (χ3v) is 5.14. The van der Waals surface area contributed by atoms with Gasteiger partial charge in [0.1, 0.15) is 0 Å². The summed E-state index contributed by atoms with van der Waals surface area (Å²) in [6.07, 6.45) is 3.51. The molecular formula is C19H25N3O. The number of amides is 1. The zero-order chi connectivity index (χ0) is 16.4. The third-order valence-electron chi connectivity index (χ3n) is 5.14. The SMILES string of the molecule is Cc1cc(C(=O)NC2CCCC(C)C2C)nn1-c1ccccc1.